The van der Waals surface area contributed by atoms with Gasteiger partial charge in [-0.3, -0.25) is 4.79 Å². The van der Waals surface area contributed by atoms with Gasteiger partial charge in [0.05, 0.1) is 16.8 Å². The molecule has 28 heavy (non-hydrogen) atoms. The van der Waals surface area contributed by atoms with Crippen LogP contribution in [0.25, 0.3) is 21.2 Å². The van der Waals surface area contributed by atoms with Crippen molar-refractivity contribution >= 4 is 38.4 Å². The third-order valence-electron chi connectivity index (χ3n) is 4.43. The van der Waals surface area contributed by atoms with Crippen LogP contribution in [0.2, 0.25) is 0 Å². The summed E-state index contributed by atoms with van der Waals surface area (Å²) in [5.41, 5.74) is 1.50. The molecule has 4 aromatic rings. The molecule has 0 aliphatic carbocycles. The lowest BCUT2D eigenvalue weighted by molar-refractivity contribution is 0.0973. The number of thiazole rings is 1. The molecule has 2 aromatic heterocycles. The Kier molecular flexibility index (Phi) is 3.92. The van der Waals surface area contributed by atoms with Crippen LogP contribution < -0.4 is 14.3 Å². The van der Waals surface area contributed by atoms with Gasteiger partial charge in [-0.2, -0.15) is 4.99 Å². The molecule has 0 fully saturated rings. The summed E-state index contributed by atoms with van der Waals surface area (Å²) < 4.78 is 19.7. The molecule has 0 N–H and O–H groups in total. The van der Waals surface area contributed by atoms with Gasteiger partial charge in [-0.15, -0.1) is 6.42 Å². The van der Waals surface area contributed by atoms with Gasteiger partial charge in [0.25, 0.3) is 0 Å². The highest BCUT2D eigenvalue weighted by molar-refractivity contribution is 7.16. The van der Waals surface area contributed by atoms with Gasteiger partial charge in [0.15, 0.2) is 22.1 Å². The van der Waals surface area contributed by atoms with Crippen molar-refractivity contribution < 1.29 is 18.7 Å². The second kappa shape index (κ2) is 6.59. The Labute approximate surface area is 163 Å². The first-order valence-electron chi connectivity index (χ1n) is 8.67. The number of fused-ring (bicyclic) bond motifs is 3. The lowest BCUT2D eigenvalue weighted by Crippen LogP contribution is -2.17. The average molecular weight is 390 g/mol. The Balaban J connectivity index is 1.65. The zero-order valence-corrected chi connectivity index (χ0v) is 15.5. The lowest BCUT2D eigenvalue weighted by Gasteiger charge is -2.18. The normalized spacial score (nSPS) is 13.8. The summed E-state index contributed by atoms with van der Waals surface area (Å²) in [5.74, 6) is 3.71. The predicted octanol–water partition coefficient (Wildman–Crippen LogP) is 3.59. The first-order chi connectivity index (χ1) is 13.7. The standard InChI is InChI=1S/C21H14N2O4S/c1-2-7-23-14-11-16-17(26-9-8-25-16)12-19(14)28-21(23)22-20(24)18-10-13-5-3-4-6-15(13)27-18/h1,3-6,10-12H,7-9H2. The topological polar surface area (TPSA) is 66.0 Å². The van der Waals surface area contributed by atoms with E-state index in [4.69, 9.17) is 20.3 Å². The van der Waals surface area contributed by atoms with E-state index in [0.717, 1.165) is 15.6 Å². The number of amides is 1. The number of benzene rings is 2. The van der Waals surface area contributed by atoms with Crippen molar-refractivity contribution in [2.24, 2.45) is 4.99 Å². The van der Waals surface area contributed by atoms with E-state index >= 15 is 0 Å². The Morgan fingerprint density at radius 3 is 2.75 bits per heavy atom. The highest BCUT2D eigenvalue weighted by atomic mass is 32.1. The maximum Gasteiger partial charge on any atom is 0.315 e. The van der Waals surface area contributed by atoms with Crippen molar-refractivity contribution in [1.29, 1.82) is 0 Å². The summed E-state index contributed by atoms with van der Waals surface area (Å²) in [6.45, 7) is 1.29. The molecule has 0 radical (unpaired) electrons. The maximum atomic E-state index is 12.7. The Morgan fingerprint density at radius 1 is 1.18 bits per heavy atom. The minimum absolute atomic E-state index is 0.192. The monoisotopic (exact) mass is 390 g/mol. The lowest BCUT2D eigenvalue weighted by atomic mass is 10.2. The molecular formula is C21H14N2O4S. The van der Waals surface area contributed by atoms with Crippen LogP contribution in [0, 0.1) is 12.3 Å². The highest BCUT2D eigenvalue weighted by Crippen LogP contribution is 2.35. The van der Waals surface area contributed by atoms with Crippen LogP contribution in [0.5, 0.6) is 11.5 Å². The van der Waals surface area contributed by atoms with Gasteiger partial charge in [0, 0.05) is 17.5 Å². The van der Waals surface area contributed by atoms with Crippen molar-refractivity contribution in [3.05, 3.63) is 53.0 Å². The SMILES string of the molecule is C#CCn1c(=NC(=O)c2cc3ccccc3o2)sc2cc3c(cc21)OCCO3. The van der Waals surface area contributed by atoms with Crippen LogP contribution in [0.1, 0.15) is 10.6 Å². The number of furan rings is 1. The Morgan fingerprint density at radius 2 is 1.96 bits per heavy atom. The molecule has 0 saturated carbocycles. The predicted molar refractivity (Wildman–Crippen MR) is 106 cm³/mol. The molecule has 1 amide bonds. The molecule has 5 rings (SSSR count). The van der Waals surface area contributed by atoms with E-state index in [9.17, 15) is 4.79 Å². The van der Waals surface area contributed by atoms with Gasteiger partial charge < -0.3 is 18.5 Å². The highest BCUT2D eigenvalue weighted by Gasteiger charge is 2.17. The second-order valence-corrected chi connectivity index (χ2v) is 7.21. The molecule has 3 heterocycles. The van der Waals surface area contributed by atoms with E-state index in [1.54, 1.807) is 6.07 Å². The van der Waals surface area contributed by atoms with Crippen molar-refractivity contribution in [2.45, 2.75) is 6.54 Å². The summed E-state index contributed by atoms with van der Waals surface area (Å²) in [5, 5.41) is 0.857. The number of hydrogen-bond acceptors (Lipinski definition) is 5. The third-order valence-corrected chi connectivity index (χ3v) is 5.47. The minimum Gasteiger partial charge on any atom is -0.486 e. The average Bonchev–Trinajstić information content (AvgIpc) is 3.28. The van der Waals surface area contributed by atoms with Gasteiger partial charge >= 0.3 is 5.91 Å². The summed E-state index contributed by atoms with van der Waals surface area (Å²) in [6, 6.07) is 12.9. The number of terminal acetylenes is 1. The molecular weight excluding hydrogens is 376 g/mol. The van der Waals surface area contributed by atoms with Crippen molar-refractivity contribution in [2.75, 3.05) is 13.2 Å². The minimum atomic E-state index is -0.453. The molecule has 0 atom stereocenters. The van der Waals surface area contributed by atoms with E-state index in [0.29, 0.717) is 35.1 Å². The fourth-order valence-electron chi connectivity index (χ4n) is 3.17. The van der Waals surface area contributed by atoms with E-state index in [-0.39, 0.29) is 12.3 Å². The zero-order chi connectivity index (χ0) is 19.1. The molecule has 0 spiro atoms. The summed E-state index contributed by atoms with van der Waals surface area (Å²) in [4.78, 5) is 17.5. The number of carbonyl (C=O) groups excluding carboxylic acids is 1. The number of rotatable bonds is 2. The van der Waals surface area contributed by atoms with Crippen LogP contribution >= 0.6 is 11.3 Å². The molecule has 6 nitrogen and oxygen atoms in total. The zero-order valence-electron chi connectivity index (χ0n) is 14.7. The van der Waals surface area contributed by atoms with E-state index < -0.39 is 5.91 Å². The van der Waals surface area contributed by atoms with Crippen molar-refractivity contribution in [1.82, 2.24) is 4.57 Å². The van der Waals surface area contributed by atoms with Gasteiger partial charge in [-0.1, -0.05) is 35.5 Å². The van der Waals surface area contributed by atoms with E-state index in [1.807, 2.05) is 41.0 Å². The quantitative estimate of drug-likeness (QED) is 0.491. The molecule has 0 saturated heterocycles. The first kappa shape index (κ1) is 16.7. The fraction of sp³-hybridized carbons (Fsp3) is 0.143. The van der Waals surface area contributed by atoms with Crippen LogP contribution in [0.4, 0.5) is 0 Å². The van der Waals surface area contributed by atoms with Crippen LogP contribution in [0.3, 0.4) is 0 Å². The molecule has 0 bridgehead atoms. The van der Waals surface area contributed by atoms with Crippen LogP contribution in [-0.4, -0.2) is 23.7 Å². The Hall–Kier alpha value is -3.50. The number of aromatic nitrogens is 1. The summed E-state index contributed by atoms with van der Waals surface area (Å²) in [6.07, 6.45) is 5.54. The Bertz CT molecular complexity index is 1300. The number of para-hydroxylation sites is 1. The molecule has 1 aliphatic heterocycles. The smallest absolute Gasteiger partial charge is 0.315 e. The molecule has 2 aromatic carbocycles. The number of hydrogen-bond donors (Lipinski definition) is 0. The van der Waals surface area contributed by atoms with Crippen LogP contribution in [-0.2, 0) is 6.54 Å². The summed E-state index contributed by atoms with van der Waals surface area (Å²) in [7, 11) is 0. The maximum absolute atomic E-state index is 12.7. The van der Waals surface area contributed by atoms with Gasteiger partial charge in [0.1, 0.15) is 18.8 Å². The molecule has 138 valence electrons. The fourth-order valence-corrected chi connectivity index (χ4v) is 4.20. The van der Waals surface area contributed by atoms with Crippen molar-refractivity contribution in [3.63, 3.8) is 0 Å². The molecule has 1 aliphatic rings. The van der Waals surface area contributed by atoms with Crippen LogP contribution in [0.15, 0.2) is 51.9 Å². The summed E-state index contributed by atoms with van der Waals surface area (Å²) >= 11 is 1.37. The van der Waals surface area contributed by atoms with Gasteiger partial charge in [-0.05, 0) is 12.1 Å². The number of nitrogens with zero attached hydrogens (tertiary/aromatic N) is 2. The van der Waals surface area contributed by atoms with Crippen molar-refractivity contribution in [3.8, 4) is 23.8 Å². The largest absolute Gasteiger partial charge is 0.486 e. The number of carbonyl (C=O) groups is 1. The number of ether oxygens (including phenoxy) is 2. The molecule has 0 unspecified atom stereocenters. The van der Waals surface area contributed by atoms with E-state index in [2.05, 4.69) is 10.9 Å². The van der Waals surface area contributed by atoms with Gasteiger partial charge in [-0.25, -0.2) is 0 Å². The molecule has 7 heteroatoms. The van der Waals surface area contributed by atoms with E-state index in [1.165, 1.54) is 11.3 Å². The first-order valence-corrected chi connectivity index (χ1v) is 9.49. The third kappa shape index (κ3) is 2.75. The van der Waals surface area contributed by atoms with Gasteiger partial charge in [0.2, 0.25) is 0 Å². The second-order valence-electron chi connectivity index (χ2n) is 6.20.